The Morgan fingerprint density at radius 3 is 1.50 bits per heavy atom. The molecular weight excluding hydrogens is 627 g/mol. The minimum atomic E-state index is -4.75. The van der Waals surface area contributed by atoms with Crippen LogP contribution in [0.4, 0.5) is 0 Å². The van der Waals surface area contributed by atoms with Gasteiger partial charge < -0.3 is 19.3 Å². The number of ether oxygens (including phenoxy) is 2. The molecule has 0 aromatic rings. The third-order valence-corrected chi connectivity index (χ3v) is 9.09. The number of phosphoric ester groups is 1. The molecule has 8 nitrogen and oxygen atoms in total. The lowest BCUT2D eigenvalue weighted by atomic mass is 10.0. The molecule has 0 rings (SSSR count). The molecule has 0 aliphatic carbocycles. The van der Waals surface area contributed by atoms with Gasteiger partial charge in [0.15, 0.2) is 6.10 Å². The maximum Gasteiger partial charge on any atom is 0.469 e. The van der Waals surface area contributed by atoms with Crippen molar-refractivity contribution in [2.24, 2.45) is 0 Å². The van der Waals surface area contributed by atoms with E-state index in [-0.39, 0.29) is 19.4 Å². The number of esters is 2. The first-order valence-electron chi connectivity index (χ1n) is 19.6. The number of rotatable bonds is 37. The molecule has 0 unspecified atom stereocenters. The highest BCUT2D eigenvalue weighted by atomic mass is 31.2. The first-order valence-corrected chi connectivity index (χ1v) is 21.1. The van der Waals surface area contributed by atoms with Crippen LogP contribution >= 0.6 is 7.82 Å². The molecule has 48 heavy (non-hydrogen) atoms. The summed E-state index contributed by atoms with van der Waals surface area (Å²) in [6.07, 6.45) is 38.0. The van der Waals surface area contributed by atoms with Crippen LogP contribution in [0.5, 0.6) is 0 Å². The van der Waals surface area contributed by atoms with Crippen LogP contribution in [-0.4, -0.2) is 41.0 Å². The number of unbranched alkanes of at least 4 members (excludes halogenated alkanes) is 24. The highest BCUT2D eigenvalue weighted by Crippen LogP contribution is 2.36. The minimum Gasteiger partial charge on any atom is -0.462 e. The van der Waals surface area contributed by atoms with Crippen LogP contribution in [-0.2, 0) is 28.2 Å². The van der Waals surface area contributed by atoms with E-state index in [0.717, 1.165) is 38.5 Å². The van der Waals surface area contributed by atoms with Crippen molar-refractivity contribution in [1.29, 1.82) is 0 Å². The summed E-state index contributed by atoms with van der Waals surface area (Å²) in [7, 11) is -4.75. The van der Waals surface area contributed by atoms with E-state index in [0.29, 0.717) is 12.8 Å². The lowest BCUT2D eigenvalue weighted by Crippen LogP contribution is -2.29. The number of phosphoric acid groups is 1. The summed E-state index contributed by atoms with van der Waals surface area (Å²) in [5, 5.41) is 0. The second kappa shape index (κ2) is 35.4. The normalized spacial score (nSPS) is 12.4. The number of hydrogen-bond donors (Lipinski definition) is 2. The Kier molecular flexibility index (Phi) is 34.3. The Bertz CT molecular complexity index is 825. The smallest absolute Gasteiger partial charge is 0.462 e. The van der Waals surface area contributed by atoms with Crippen molar-refractivity contribution in [3.63, 3.8) is 0 Å². The molecule has 0 saturated carbocycles. The van der Waals surface area contributed by atoms with Gasteiger partial charge >= 0.3 is 19.8 Å². The lowest BCUT2D eigenvalue weighted by molar-refractivity contribution is -0.161. The molecule has 1 atom stereocenters. The highest BCUT2D eigenvalue weighted by Gasteiger charge is 2.22. The first-order chi connectivity index (χ1) is 23.3. The molecule has 0 heterocycles. The van der Waals surface area contributed by atoms with Crippen molar-refractivity contribution in [1.82, 2.24) is 0 Å². The van der Waals surface area contributed by atoms with Gasteiger partial charge in [-0.3, -0.25) is 14.1 Å². The highest BCUT2D eigenvalue weighted by molar-refractivity contribution is 7.46. The van der Waals surface area contributed by atoms with E-state index in [9.17, 15) is 14.2 Å². The molecule has 0 aliphatic rings. The SMILES string of the molecule is C=CCCCCCCCCCCCCCCCC(=O)O[C@H](COC(=O)CC/C=C/CCCCCCCCCCCCC)COP(=O)(O)O. The lowest BCUT2D eigenvalue weighted by Gasteiger charge is -2.18. The molecule has 2 N–H and O–H groups in total. The van der Waals surface area contributed by atoms with Gasteiger partial charge in [0.05, 0.1) is 6.61 Å². The van der Waals surface area contributed by atoms with Crippen molar-refractivity contribution < 1.29 is 37.9 Å². The summed E-state index contributed by atoms with van der Waals surface area (Å²) >= 11 is 0. The van der Waals surface area contributed by atoms with Gasteiger partial charge in [-0.05, 0) is 38.5 Å². The quantitative estimate of drug-likeness (QED) is 0.0284. The molecule has 0 spiro atoms. The van der Waals surface area contributed by atoms with Crippen molar-refractivity contribution in [3.8, 4) is 0 Å². The van der Waals surface area contributed by atoms with Gasteiger partial charge in [0.25, 0.3) is 0 Å². The van der Waals surface area contributed by atoms with Crippen LogP contribution in [0.1, 0.15) is 193 Å². The van der Waals surface area contributed by atoms with E-state index in [4.69, 9.17) is 19.3 Å². The number of hydrogen-bond acceptors (Lipinski definition) is 6. The maximum atomic E-state index is 12.4. The second-order valence-electron chi connectivity index (χ2n) is 13.3. The summed E-state index contributed by atoms with van der Waals surface area (Å²) in [5.41, 5.74) is 0. The van der Waals surface area contributed by atoms with Crippen LogP contribution in [0.3, 0.4) is 0 Å². The fraction of sp³-hybridized carbons (Fsp3) is 0.846. The minimum absolute atomic E-state index is 0.186. The van der Waals surface area contributed by atoms with E-state index in [2.05, 4.69) is 24.1 Å². The van der Waals surface area contributed by atoms with Crippen molar-refractivity contribution in [2.75, 3.05) is 13.2 Å². The van der Waals surface area contributed by atoms with Crippen LogP contribution in [0.25, 0.3) is 0 Å². The molecule has 0 aromatic carbocycles. The van der Waals surface area contributed by atoms with Crippen molar-refractivity contribution in [2.45, 2.75) is 199 Å². The van der Waals surface area contributed by atoms with Crippen LogP contribution < -0.4 is 0 Å². The summed E-state index contributed by atoms with van der Waals surface area (Å²) < 4.78 is 26.3. The second-order valence-corrected chi connectivity index (χ2v) is 14.6. The van der Waals surface area contributed by atoms with Crippen LogP contribution in [0, 0.1) is 0 Å². The van der Waals surface area contributed by atoms with Gasteiger partial charge in [0.1, 0.15) is 6.61 Å². The van der Waals surface area contributed by atoms with E-state index in [1.165, 1.54) is 122 Å². The van der Waals surface area contributed by atoms with Crippen LogP contribution in [0.2, 0.25) is 0 Å². The summed E-state index contributed by atoms with van der Waals surface area (Å²) in [5.74, 6) is -0.939. The van der Waals surface area contributed by atoms with Crippen LogP contribution in [0.15, 0.2) is 24.8 Å². The molecule has 0 bridgehead atoms. The molecular formula is C39H73O8P. The Morgan fingerprint density at radius 1 is 0.583 bits per heavy atom. The van der Waals surface area contributed by atoms with Gasteiger partial charge in [-0.2, -0.15) is 0 Å². The molecule has 0 fully saturated rings. The van der Waals surface area contributed by atoms with E-state index in [1.54, 1.807) is 0 Å². The molecule has 0 amide bonds. The topological polar surface area (TPSA) is 119 Å². The maximum absolute atomic E-state index is 12.4. The largest absolute Gasteiger partial charge is 0.469 e. The Morgan fingerprint density at radius 2 is 1.02 bits per heavy atom. The van der Waals surface area contributed by atoms with Gasteiger partial charge in [0.2, 0.25) is 0 Å². The van der Waals surface area contributed by atoms with Gasteiger partial charge in [0, 0.05) is 12.8 Å². The predicted molar refractivity (Wildman–Crippen MR) is 198 cm³/mol. The van der Waals surface area contributed by atoms with Crippen molar-refractivity contribution >= 4 is 19.8 Å². The average molecular weight is 701 g/mol. The predicted octanol–water partition coefficient (Wildman–Crippen LogP) is 11.6. The van der Waals surface area contributed by atoms with Gasteiger partial charge in [-0.1, -0.05) is 160 Å². The fourth-order valence-corrected chi connectivity index (χ4v) is 6.03. The number of carbonyl (C=O) groups excluding carboxylic acids is 2. The summed E-state index contributed by atoms with van der Waals surface area (Å²) in [6, 6.07) is 0. The molecule has 0 aromatic heterocycles. The Labute approximate surface area is 294 Å². The van der Waals surface area contributed by atoms with E-state index < -0.39 is 32.5 Å². The Balaban J connectivity index is 3.95. The van der Waals surface area contributed by atoms with Gasteiger partial charge in [-0.15, -0.1) is 6.58 Å². The third kappa shape index (κ3) is 37.4. The zero-order chi connectivity index (χ0) is 35.4. The number of carbonyl (C=O) groups is 2. The molecule has 282 valence electrons. The molecule has 9 heteroatoms. The standard InChI is InChI=1S/C39H73O8P/c1-3-5-7-9-11-13-15-17-19-21-23-25-27-29-31-33-38(40)45-35-37(36-46-48(42,43)44)47-39(41)34-32-30-28-26-24-22-20-18-16-14-12-10-8-6-4-2/h4,27,29,37H,2-3,5-26,28,30-36H2,1H3,(H2,42,43,44)/b29-27+/t37-/m1/s1. The molecule has 0 radical (unpaired) electrons. The fourth-order valence-electron chi connectivity index (χ4n) is 5.67. The zero-order valence-electron chi connectivity index (χ0n) is 30.7. The number of allylic oxidation sites excluding steroid dienone is 3. The summed E-state index contributed by atoms with van der Waals surface area (Å²) in [6.45, 7) is 5.17. The molecule has 0 saturated heterocycles. The first kappa shape index (κ1) is 46.5. The monoisotopic (exact) mass is 701 g/mol. The average Bonchev–Trinajstić information content (AvgIpc) is 3.05. The zero-order valence-corrected chi connectivity index (χ0v) is 31.6. The molecule has 0 aliphatic heterocycles. The summed E-state index contributed by atoms with van der Waals surface area (Å²) in [4.78, 5) is 42.7. The van der Waals surface area contributed by atoms with Crippen molar-refractivity contribution in [3.05, 3.63) is 24.8 Å². The third-order valence-electron chi connectivity index (χ3n) is 8.60. The van der Waals surface area contributed by atoms with E-state index in [1.807, 2.05) is 12.2 Å². The van der Waals surface area contributed by atoms with E-state index >= 15 is 0 Å². The van der Waals surface area contributed by atoms with Gasteiger partial charge in [-0.25, -0.2) is 4.57 Å². The Hall–Kier alpha value is -1.47.